The lowest BCUT2D eigenvalue weighted by Crippen LogP contribution is -2.34. The molecule has 164 valence electrons. The fraction of sp³-hybridized carbons (Fsp3) is 0.238. The summed E-state index contributed by atoms with van der Waals surface area (Å²) in [5, 5.41) is 10.4. The van der Waals surface area contributed by atoms with Crippen molar-refractivity contribution in [1.82, 2.24) is 29.5 Å². The molecule has 0 aromatic carbocycles. The highest BCUT2D eigenvalue weighted by Crippen LogP contribution is 2.33. The predicted molar refractivity (Wildman–Crippen MR) is 115 cm³/mol. The number of nitrogens with one attached hydrogen (secondary N) is 2. The molecule has 0 saturated heterocycles. The Bertz CT molecular complexity index is 1320. The van der Waals surface area contributed by atoms with E-state index in [9.17, 15) is 9.18 Å². The van der Waals surface area contributed by atoms with E-state index in [2.05, 4.69) is 25.7 Å². The van der Waals surface area contributed by atoms with Crippen molar-refractivity contribution in [1.29, 1.82) is 0 Å². The van der Waals surface area contributed by atoms with E-state index in [-0.39, 0.29) is 29.7 Å². The number of nitrogen functional groups attached to an aromatic ring is 1. The summed E-state index contributed by atoms with van der Waals surface area (Å²) < 4.78 is 23.2. The van der Waals surface area contributed by atoms with Gasteiger partial charge in [0.05, 0.1) is 25.0 Å². The molecule has 1 aliphatic heterocycles. The molecular weight excluding hydrogens is 415 g/mol. The zero-order valence-corrected chi connectivity index (χ0v) is 17.4. The maximum absolute atomic E-state index is 14.1. The molecule has 32 heavy (non-hydrogen) atoms. The number of pyridine rings is 1. The molecule has 11 heteroatoms. The van der Waals surface area contributed by atoms with Gasteiger partial charge in [-0.3, -0.25) is 4.79 Å². The molecule has 0 unspecified atom stereocenters. The molecule has 5 heterocycles. The van der Waals surface area contributed by atoms with Crippen LogP contribution in [0.4, 0.5) is 16.0 Å². The average Bonchev–Trinajstić information content (AvgIpc) is 3.43. The minimum atomic E-state index is -0.488. The molecule has 4 aromatic heterocycles. The van der Waals surface area contributed by atoms with Crippen LogP contribution in [-0.2, 0) is 0 Å². The fourth-order valence-electron chi connectivity index (χ4n) is 3.70. The van der Waals surface area contributed by atoms with Gasteiger partial charge in [0, 0.05) is 18.0 Å². The Balaban J connectivity index is 1.74. The Morgan fingerprint density at radius 1 is 1.25 bits per heavy atom. The Hall–Kier alpha value is -4.15. The summed E-state index contributed by atoms with van der Waals surface area (Å²) in [6.07, 6.45) is 5.75. The van der Waals surface area contributed by atoms with Crippen LogP contribution in [0, 0.1) is 5.82 Å². The van der Waals surface area contributed by atoms with Gasteiger partial charge in [-0.25, -0.2) is 14.4 Å². The van der Waals surface area contributed by atoms with E-state index >= 15 is 0 Å². The highest BCUT2D eigenvalue weighted by Gasteiger charge is 2.25. The summed E-state index contributed by atoms with van der Waals surface area (Å²) in [4.78, 5) is 21.6. The number of fused-ring (bicyclic) bond motifs is 2. The summed E-state index contributed by atoms with van der Waals surface area (Å²) in [6, 6.07) is 4.63. The Labute approximate surface area is 182 Å². The number of carbonyl (C=O) groups is 1. The van der Waals surface area contributed by atoms with Crippen LogP contribution in [0.25, 0.3) is 11.3 Å². The van der Waals surface area contributed by atoms with Crippen LogP contribution in [0.2, 0.25) is 0 Å². The van der Waals surface area contributed by atoms with Crippen molar-refractivity contribution in [2.45, 2.75) is 26.0 Å². The number of carbonyl (C=O) groups excluding carboxylic acids is 1. The Morgan fingerprint density at radius 3 is 2.81 bits per heavy atom. The van der Waals surface area contributed by atoms with Gasteiger partial charge in [0.25, 0.3) is 5.91 Å². The number of halogens is 1. The van der Waals surface area contributed by atoms with Crippen molar-refractivity contribution in [2.75, 3.05) is 17.6 Å². The van der Waals surface area contributed by atoms with E-state index in [0.29, 0.717) is 22.7 Å². The van der Waals surface area contributed by atoms with Crippen LogP contribution >= 0.6 is 0 Å². The molecule has 1 amide bonds. The second kappa shape index (κ2) is 7.52. The molecule has 4 N–H and O–H groups in total. The quantitative estimate of drug-likeness (QED) is 0.418. The van der Waals surface area contributed by atoms with Crippen molar-refractivity contribution < 1.29 is 13.9 Å². The lowest BCUT2D eigenvalue weighted by atomic mass is 10.1. The molecule has 0 fully saturated rings. The molecule has 0 saturated carbocycles. The lowest BCUT2D eigenvalue weighted by Gasteiger charge is -2.22. The van der Waals surface area contributed by atoms with Crippen LogP contribution in [0.1, 0.15) is 35.8 Å². The summed E-state index contributed by atoms with van der Waals surface area (Å²) >= 11 is 0. The minimum Gasteiger partial charge on any atom is -0.473 e. The van der Waals surface area contributed by atoms with Crippen molar-refractivity contribution in [3.63, 3.8) is 0 Å². The third-order valence-corrected chi connectivity index (χ3v) is 5.29. The summed E-state index contributed by atoms with van der Waals surface area (Å²) in [7, 11) is 0. The van der Waals surface area contributed by atoms with Crippen molar-refractivity contribution >= 4 is 23.2 Å². The number of amides is 1. The monoisotopic (exact) mass is 436 g/mol. The van der Waals surface area contributed by atoms with E-state index in [4.69, 9.17) is 10.5 Å². The first-order chi connectivity index (χ1) is 15.4. The number of anilines is 2. The van der Waals surface area contributed by atoms with Crippen molar-refractivity contribution in [3.8, 4) is 11.6 Å². The van der Waals surface area contributed by atoms with E-state index in [1.807, 2.05) is 31.5 Å². The lowest BCUT2D eigenvalue weighted by molar-refractivity contribution is 0.0932. The number of hydrogen-bond acceptors (Lipinski definition) is 7. The Kier molecular flexibility index (Phi) is 4.65. The summed E-state index contributed by atoms with van der Waals surface area (Å²) in [5.74, 6) is 0.110. The Morgan fingerprint density at radius 2 is 2.03 bits per heavy atom. The van der Waals surface area contributed by atoms with Gasteiger partial charge in [0.15, 0.2) is 17.3 Å². The minimum absolute atomic E-state index is 0.209. The molecule has 0 spiro atoms. The van der Waals surface area contributed by atoms with Gasteiger partial charge in [0.2, 0.25) is 5.88 Å². The predicted octanol–water partition coefficient (Wildman–Crippen LogP) is 2.32. The summed E-state index contributed by atoms with van der Waals surface area (Å²) in [6.45, 7) is 3.84. The third-order valence-electron chi connectivity index (χ3n) is 5.29. The third kappa shape index (κ3) is 3.27. The van der Waals surface area contributed by atoms with Crippen molar-refractivity contribution in [2.24, 2.45) is 0 Å². The first-order valence-electron chi connectivity index (χ1n) is 10.1. The van der Waals surface area contributed by atoms with Crippen LogP contribution in [0.3, 0.4) is 0 Å². The molecule has 2 bridgehead atoms. The van der Waals surface area contributed by atoms with Crippen LogP contribution in [0.5, 0.6) is 5.88 Å². The molecule has 1 aliphatic rings. The van der Waals surface area contributed by atoms with Crippen LogP contribution < -0.4 is 21.1 Å². The molecule has 5 rings (SSSR count). The standard InChI is InChI=1S/C21H21FN8O2/c1-11-8-24-20(31)15-10-26-30-17(23)16(29-5-3-4-6-29)18(28-19(15)30)27-12(2)14-7-13(22)9-25-21(14)32-11/h3-7,9-12H,8,23H2,1-2H3,(H,24,31)(H,27,28)/t11-,12+/m0/s1. The average molecular weight is 436 g/mol. The van der Waals surface area contributed by atoms with E-state index in [0.717, 1.165) is 6.20 Å². The smallest absolute Gasteiger partial charge is 0.256 e. The zero-order chi connectivity index (χ0) is 22.4. The van der Waals surface area contributed by atoms with Gasteiger partial charge in [0.1, 0.15) is 23.2 Å². The molecule has 2 atom stereocenters. The molecule has 10 nitrogen and oxygen atoms in total. The molecule has 4 aromatic rings. The summed E-state index contributed by atoms with van der Waals surface area (Å²) in [5.41, 5.74) is 8.10. The number of nitrogens with two attached hydrogens (primary N) is 1. The maximum Gasteiger partial charge on any atom is 0.256 e. The van der Waals surface area contributed by atoms with Gasteiger partial charge >= 0.3 is 0 Å². The normalized spacial score (nSPS) is 18.7. The van der Waals surface area contributed by atoms with Gasteiger partial charge in [-0.2, -0.15) is 9.61 Å². The second-order valence-corrected chi connectivity index (χ2v) is 7.63. The first-order valence-corrected chi connectivity index (χ1v) is 10.1. The van der Waals surface area contributed by atoms with Gasteiger partial charge in [-0.05, 0) is 32.0 Å². The van der Waals surface area contributed by atoms with E-state index in [1.165, 1.54) is 16.8 Å². The highest BCUT2D eigenvalue weighted by atomic mass is 19.1. The van der Waals surface area contributed by atoms with Gasteiger partial charge in [-0.15, -0.1) is 0 Å². The second-order valence-electron chi connectivity index (χ2n) is 7.63. The molecule has 0 aliphatic carbocycles. The van der Waals surface area contributed by atoms with Gasteiger partial charge < -0.3 is 25.7 Å². The maximum atomic E-state index is 14.1. The number of aromatic nitrogens is 5. The largest absolute Gasteiger partial charge is 0.473 e. The number of ether oxygens (including phenoxy) is 1. The highest BCUT2D eigenvalue weighted by molar-refractivity contribution is 6.00. The molecule has 0 radical (unpaired) electrons. The van der Waals surface area contributed by atoms with Crippen molar-refractivity contribution in [3.05, 3.63) is 59.9 Å². The van der Waals surface area contributed by atoms with Crippen LogP contribution in [-0.4, -0.2) is 42.7 Å². The topological polar surface area (TPSA) is 124 Å². The first kappa shape index (κ1) is 19.8. The van der Waals surface area contributed by atoms with E-state index < -0.39 is 18.0 Å². The van der Waals surface area contributed by atoms with E-state index in [1.54, 1.807) is 11.5 Å². The number of nitrogens with zero attached hydrogens (tertiary/aromatic N) is 5. The number of rotatable bonds is 1. The van der Waals surface area contributed by atoms with Crippen LogP contribution in [0.15, 0.2) is 43.0 Å². The SMILES string of the molecule is C[C@H]1CNC(=O)c2cnn3c(N)c(-n4cccc4)c(nc23)N[C@H](C)c2cc(F)cnc2O1. The zero-order valence-electron chi connectivity index (χ0n) is 17.4. The molecular formula is C21H21FN8O2. The number of hydrogen-bond donors (Lipinski definition) is 3. The van der Waals surface area contributed by atoms with Gasteiger partial charge in [-0.1, -0.05) is 0 Å². The fourth-order valence-corrected chi connectivity index (χ4v) is 3.70.